The molecule has 0 fully saturated rings. The zero-order valence-electron chi connectivity index (χ0n) is 6.46. The first-order chi connectivity index (χ1) is 6.43. The maximum Gasteiger partial charge on any atom is 0.343 e. The number of hydrogen-bond donors (Lipinski definition) is 1. The van der Waals surface area contributed by atoms with E-state index in [0.29, 0.717) is 6.07 Å². The Kier molecular flexibility index (Phi) is 2.80. The van der Waals surface area contributed by atoms with Gasteiger partial charge in [0.2, 0.25) is 5.43 Å². The average molecular weight is 225 g/mol. The summed E-state index contributed by atoms with van der Waals surface area (Å²) in [6.45, 7) is 0. The number of nitrogens with zero attached hydrogens (tertiary/aromatic N) is 1. The Hall–Kier alpha value is -1.50. The number of aromatic amines is 1. The minimum atomic E-state index is -2.99. The molecule has 1 N–H and O–H groups in total. The van der Waals surface area contributed by atoms with Gasteiger partial charge in [0.1, 0.15) is 0 Å². The highest BCUT2D eigenvalue weighted by molar-refractivity contribution is 6.32. The Labute approximate surface area is 80.5 Å². The van der Waals surface area contributed by atoms with Gasteiger partial charge >= 0.3 is 5.82 Å². The third kappa shape index (κ3) is 1.87. The first-order valence-corrected chi connectivity index (χ1v) is 3.66. The topological polar surface area (TPSA) is 76.0 Å². The number of alkyl halides is 2. The summed E-state index contributed by atoms with van der Waals surface area (Å²) in [6, 6.07) is 0.528. The molecule has 0 atom stereocenters. The predicted molar refractivity (Wildman–Crippen MR) is 43.7 cm³/mol. The molecule has 0 aliphatic carbocycles. The number of nitrogens with one attached hydrogen (secondary N) is 1. The smallest absolute Gasteiger partial charge is 0.343 e. The molecule has 0 amide bonds. The number of rotatable bonds is 2. The van der Waals surface area contributed by atoms with Gasteiger partial charge in [-0.25, -0.2) is 13.8 Å². The Bertz CT molecular complexity index is 432. The molecule has 76 valence electrons. The highest BCUT2D eigenvalue weighted by Gasteiger charge is 2.21. The number of pyridine rings is 1. The molecule has 1 aromatic rings. The van der Waals surface area contributed by atoms with E-state index in [0.717, 1.165) is 0 Å². The summed E-state index contributed by atoms with van der Waals surface area (Å²) >= 11 is 5.23. The predicted octanol–water partition coefficient (Wildman–Crippen LogP) is 1.87. The van der Waals surface area contributed by atoms with Gasteiger partial charge < -0.3 is 10.1 Å². The number of halogens is 3. The van der Waals surface area contributed by atoms with Crippen LogP contribution in [0.5, 0.6) is 0 Å². The van der Waals surface area contributed by atoms with Crippen LogP contribution in [-0.2, 0) is 0 Å². The Morgan fingerprint density at radius 2 is 2.14 bits per heavy atom. The molecular weight excluding hydrogens is 222 g/mol. The van der Waals surface area contributed by atoms with Gasteiger partial charge in [0, 0.05) is 6.07 Å². The standard InChI is InChI=1S/C6H3ClF2N2O3/c7-4-3(12)1-2(5(8)9)10-6(4)11(13)14/h1,5H,(H,10,12). The fourth-order valence-electron chi connectivity index (χ4n) is 0.792. The summed E-state index contributed by atoms with van der Waals surface area (Å²) in [4.78, 5) is 21.9. The summed E-state index contributed by atoms with van der Waals surface area (Å²) in [5.74, 6) is -0.922. The largest absolute Gasteiger partial charge is 0.358 e. The molecule has 0 aliphatic heterocycles. The van der Waals surface area contributed by atoms with E-state index in [4.69, 9.17) is 11.6 Å². The fourth-order valence-corrected chi connectivity index (χ4v) is 0.963. The Morgan fingerprint density at radius 1 is 1.57 bits per heavy atom. The summed E-state index contributed by atoms with van der Waals surface area (Å²) in [6.07, 6.45) is -2.99. The van der Waals surface area contributed by atoms with Crippen LogP contribution >= 0.6 is 11.6 Å². The van der Waals surface area contributed by atoms with Crippen molar-refractivity contribution in [1.82, 2.24) is 4.98 Å². The second-order valence-electron chi connectivity index (χ2n) is 2.31. The fraction of sp³-hybridized carbons (Fsp3) is 0.167. The molecule has 0 radical (unpaired) electrons. The van der Waals surface area contributed by atoms with Crippen molar-refractivity contribution < 1.29 is 13.7 Å². The zero-order valence-corrected chi connectivity index (χ0v) is 7.22. The minimum Gasteiger partial charge on any atom is -0.358 e. The van der Waals surface area contributed by atoms with Crippen LogP contribution in [0.25, 0.3) is 0 Å². The van der Waals surface area contributed by atoms with Crippen LogP contribution in [-0.4, -0.2) is 9.91 Å². The summed E-state index contributed by atoms with van der Waals surface area (Å²) in [5, 5.41) is 9.55. The summed E-state index contributed by atoms with van der Waals surface area (Å²) < 4.78 is 24.2. The molecular formula is C6H3ClF2N2O3. The molecule has 14 heavy (non-hydrogen) atoms. The number of hydrogen-bond acceptors (Lipinski definition) is 3. The first kappa shape index (κ1) is 10.6. The van der Waals surface area contributed by atoms with E-state index < -0.39 is 33.3 Å². The van der Waals surface area contributed by atoms with Crippen molar-refractivity contribution in [3.63, 3.8) is 0 Å². The van der Waals surface area contributed by atoms with Gasteiger partial charge in [-0.3, -0.25) is 4.79 Å². The SMILES string of the molecule is O=c1cc(C(F)F)[nH]c([N+](=O)[O-])c1Cl. The van der Waals surface area contributed by atoms with E-state index in [-0.39, 0.29) is 0 Å². The van der Waals surface area contributed by atoms with Gasteiger partial charge in [0.15, 0.2) is 10.7 Å². The molecule has 5 nitrogen and oxygen atoms in total. The van der Waals surface area contributed by atoms with Crippen molar-refractivity contribution in [2.75, 3.05) is 0 Å². The molecule has 0 aliphatic rings. The highest BCUT2D eigenvalue weighted by atomic mass is 35.5. The van der Waals surface area contributed by atoms with Gasteiger partial charge in [0.05, 0.1) is 0 Å². The average Bonchev–Trinajstić information content (AvgIpc) is 2.08. The van der Waals surface area contributed by atoms with Crippen LogP contribution in [0, 0.1) is 10.1 Å². The van der Waals surface area contributed by atoms with E-state index in [1.165, 1.54) is 0 Å². The van der Waals surface area contributed by atoms with E-state index in [9.17, 15) is 23.7 Å². The maximum absolute atomic E-state index is 12.1. The number of nitro groups is 1. The van der Waals surface area contributed by atoms with Crippen molar-refractivity contribution in [1.29, 1.82) is 0 Å². The van der Waals surface area contributed by atoms with Crippen LogP contribution in [0.3, 0.4) is 0 Å². The van der Waals surface area contributed by atoms with E-state index >= 15 is 0 Å². The summed E-state index contributed by atoms with van der Waals surface area (Å²) in [5.41, 5.74) is -1.83. The molecule has 0 bridgehead atoms. The van der Waals surface area contributed by atoms with Crippen LogP contribution < -0.4 is 5.43 Å². The lowest BCUT2D eigenvalue weighted by Gasteiger charge is -1.99. The molecule has 1 aromatic heterocycles. The summed E-state index contributed by atoms with van der Waals surface area (Å²) in [7, 11) is 0. The van der Waals surface area contributed by atoms with E-state index in [1.807, 2.05) is 0 Å². The van der Waals surface area contributed by atoms with Gasteiger partial charge in [-0.2, -0.15) is 0 Å². The normalized spacial score (nSPS) is 10.6. The monoisotopic (exact) mass is 224 g/mol. The molecule has 0 spiro atoms. The molecule has 8 heteroatoms. The van der Waals surface area contributed by atoms with Crippen LogP contribution in [0.15, 0.2) is 10.9 Å². The van der Waals surface area contributed by atoms with E-state index in [1.54, 1.807) is 4.98 Å². The highest BCUT2D eigenvalue weighted by Crippen LogP contribution is 2.22. The number of aromatic nitrogens is 1. The maximum atomic E-state index is 12.1. The lowest BCUT2D eigenvalue weighted by molar-refractivity contribution is -0.389. The molecule has 0 saturated heterocycles. The molecule has 0 aromatic carbocycles. The molecule has 0 saturated carbocycles. The zero-order chi connectivity index (χ0) is 10.9. The first-order valence-electron chi connectivity index (χ1n) is 3.28. The molecule has 0 unspecified atom stereocenters. The quantitative estimate of drug-likeness (QED) is 0.615. The second-order valence-corrected chi connectivity index (χ2v) is 2.69. The van der Waals surface area contributed by atoms with Crippen molar-refractivity contribution in [3.8, 4) is 0 Å². The van der Waals surface area contributed by atoms with Crippen molar-refractivity contribution >= 4 is 17.4 Å². The van der Waals surface area contributed by atoms with Gasteiger partial charge in [-0.1, -0.05) is 11.6 Å². The minimum absolute atomic E-state index is 0.528. The van der Waals surface area contributed by atoms with Crippen LogP contribution in [0.2, 0.25) is 5.02 Å². The van der Waals surface area contributed by atoms with Crippen molar-refractivity contribution in [2.24, 2.45) is 0 Å². The van der Waals surface area contributed by atoms with Crippen LogP contribution in [0.1, 0.15) is 12.1 Å². The van der Waals surface area contributed by atoms with Gasteiger partial charge in [-0.15, -0.1) is 0 Å². The third-order valence-corrected chi connectivity index (χ3v) is 1.76. The van der Waals surface area contributed by atoms with Crippen molar-refractivity contribution in [2.45, 2.75) is 6.43 Å². The number of H-pyrrole nitrogens is 1. The lowest BCUT2D eigenvalue weighted by Crippen LogP contribution is -2.09. The Balaban J connectivity index is 3.43. The second kappa shape index (κ2) is 3.70. The van der Waals surface area contributed by atoms with E-state index in [2.05, 4.69) is 0 Å². The third-order valence-electron chi connectivity index (χ3n) is 1.39. The van der Waals surface area contributed by atoms with Gasteiger partial charge in [0.25, 0.3) is 6.43 Å². The molecule has 1 rings (SSSR count). The lowest BCUT2D eigenvalue weighted by atomic mass is 10.3. The Morgan fingerprint density at radius 3 is 2.57 bits per heavy atom. The van der Waals surface area contributed by atoms with Crippen molar-refractivity contribution in [3.05, 3.63) is 37.1 Å². The van der Waals surface area contributed by atoms with Crippen LogP contribution in [0.4, 0.5) is 14.6 Å². The molecule has 1 heterocycles. The van der Waals surface area contributed by atoms with Gasteiger partial charge in [-0.05, 0) is 4.92 Å².